The fraction of sp³-hybridized carbons (Fsp3) is 0.450. The Labute approximate surface area is 194 Å². The molecule has 0 spiro atoms. The maximum atomic E-state index is 13.9. The summed E-state index contributed by atoms with van der Waals surface area (Å²) in [5.41, 5.74) is 3.63. The van der Waals surface area contributed by atoms with Gasteiger partial charge in [0.05, 0.1) is 18.7 Å². The molecule has 1 saturated heterocycles. The van der Waals surface area contributed by atoms with Crippen LogP contribution in [0.25, 0.3) is 0 Å². The van der Waals surface area contributed by atoms with Gasteiger partial charge in [-0.1, -0.05) is 12.1 Å². The van der Waals surface area contributed by atoms with E-state index in [0.717, 1.165) is 0 Å². The number of hydrogen-bond donors (Lipinski definition) is 6. The lowest BCUT2D eigenvalue weighted by molar-refractivity contribution is -0.265. The Morgan fingerprint density at radius 2 is 1.86 bits per heavy atom. The van der Waals surface area contributed by atoms with Crippen molar-refractivity contribution in [3.63, 3.8) is 0 Å². The van der Waals surface area contributed by atoms with Crippen LogP contribution in [0.5, 0.6) is 5.88 Å². The van der Waals surface area contributed by atoms with Gasteiger partial charge in [-0.2, -0.15) is 13.2 Å². The number of nitrogens with two attached hydrogens (primary N) is 1. The van der Waals surface area contributed by atoms with Gasteiger partial charge in [-0.15, -0.1) is 5.10 Å². The van der Waals surface area contributed by atoms with Crippen LogP contribution in [0.2, 0.25) is 0 Å². The topological polar surface area (TPSA) is 180 Å². The molecule has 0 aliphatic carbocycles. The van der Waals surface area contributed by atoms with Crippen LogP contribution in [0.4, 0.5) is 17.6 Å². The lowest BCUT2D eigenvalue weighted by Gasteiger charge is -2.38. The molecule has 5 atom stereocenters. The third-order valence-electron chi connectivity index (χ3n) is 5.16. The number of H-pyrrole nitrogens is 1. The average molecular weight is 506 g/mol. The molecule has 7 N–H and O–H groups in total. The van der Waals surface area contributed by atoms with Crippen molar-refractivity contribution in [1.82, 2.24) is 15.5 Å². The molecule has 1 aliphatic rings. The van der Waals surface area contributed by atoms with E-state index in [9.17, 15) is 42.5 Å². The quantitative estimate of drug-likeness (QED) is 0.257. The molecule has 1 aliphatic heterocycles. The van der Waals surface area contributed by atoms with Crippen molar-refractivity contribution in [2.45, 2.75) is 43.4 Å². The van der Waals surface area contributed by atoms with Crippen LogP contribution >= 0.6 is 0 Å². The summed E-state index contributed by atoms with van der Waals surface area (Å²) in [6, 6.07) is 5.36. The first kappa shape index (κ1) is 26.3. The standard InChI is InChI=1S/C20H22F4N4O7/c21-13-11(7-29)34-19(15(32)14(13)31)35-18-10(16(27-28-18)20(22,23)24)5-8-1-3-9(4-2-8)17(33)26-6-12(25)30/h1-4,11,13-15,19,29,31-32H,5-7H2,(H2,25,30)(H,26,33)(H,27,28)/t11-,13-,14?,15-,19+/m1/s1. The molecule has 3 rings (SSSR count). The number of hydrogen-bond acceptors (Lipinski definition) is 8. The Morgan fingerprint density at radius 1 is 1.20 bits per heavy atom. The number of alkyl halides is 4. The van der Waals surface area contributed by atoms with E-state index in [1.165, 1.54) is 24.3 Å². The molecular weight excluding hydrogens is 484 g/mol. The molecule has 2 amide bonds. The largest absolute Gasteiger partial charge is 0.443 e. The molecule has 0 bridgehead atoms. The molecule has 1 aromatic carbocycles. The highest BCUT2D eigenvalue weighted by molar-refractivity contribution is 5.96. The fourth-order valence-electron chi connectivity index (χ4n) is 3.34. The van der Waals surface area contributed by atoms with E-state index in [1.807, 2.05) is 5.10 Å². The van der Waals surface area contributed by atoms with E-state index in [-0.39, 0.29) is 5.56 Å². The van der Waals surface area contributed by atoms with E-state index < -0.39 is 85.5 Å². The summed E-state index contributed by atoms with van der Waals surface area (Å²) in [5.74, 6) is -2.01. The molecule has 2 heterocycles. The highest BCUT2D eigenvalue weighted by Gasteiger charge is 2.47. The minimum atomic E-state index is -4.87. The van der Waals surface area contributed by atoms with Gasteiger partial charge >= 0.3 is 6.18 Å². The third kappa shape index (κ3) is 6.05. The summed E-state index contributed by atoms with van der Waals surface area (Å²) in [7, 11) is 0. The van der Waals surface area contributed by atoms with Crippen LogP contribution in [0.3, 0.4) is 0 Å². The minimum Gasteiger partial charge on any atom is -0.443 e. The first-order valence-electron chi connectivity index (χ1n) is 10.2. The van der Waals surface area contributed by atoms with E-state index in [1.54, 1.807) is 0 Å². The Bertz CT molecular complexity index is 1050. The number of benzene rings is 1. The summed E-state index contributed by atoms with van der Waals surface area (Å²) in [5, 5.41) is 36.6. The Hall–Kier alpha value is -3.27. The van der Waals surface area contributed by atoms with E-state index in [0.29, 0.717) is 5.56 Å². The van der Waals surface area contributed by atoms with Crippen LogP contribution in [0, 0.1) is 0 Å². The zero-order valence-electron chi connectivity index (χ0n) is 17.8. The lowest BCUT2D eigenvalue weighted by Crippen LogP contribution is -2.58. The number of amides is 2. The maximum absolute atomic E-state index is 13.9. The number of aliphatic hydroxyl groups is 3. The molecular formula is C20H22F4N4O7. The van der Waals surface area contributed by atoms with Crippen molar-refractivity contribution in [2.24, 2.45) is 5.73 Å². The highest BCUT2D eigenvalue weighted by atomic mass is 19.4. The fourth-order valence-corrected chi connectivity index (χ4v) is 3.34. The molecule has 11 nitrogen and oxygen atoms in total. The monoisotopic (exact) mass is 506 g/mol. The second kappa shape index (κ2) is 10.6. The van der Waals surface area contributed by atoms with Crippen molar-refractivity contribution < 1.29 is 51.9 Å². The van der Waals surface area contributed by atoms with Gasteiger partial charge in [0.15, 0.2) is 6.17 Å². The highest BCUT2D eigenvalue weighted by Crippen LogP contribution is 2.37. The summed E-state index contributed by atoms with van der Waals surface area (Å²) in [6.07, 6.45) is -14.8. The number of primary amides is 1. The van der Waals surface area contributed by atoms with Gasteiger partial charge in [-0.05, 0) is 17.7 Å². The molecule has 1 unspecified atom stereocenters. The zero-order valence-corrected chi connectivity index (χ0v) is 17.8. The van der Waals surface area contributed by atoms with Gasteiger partial charge in [0, 0.05) is 12.0 Å². The molecule has 192 valence electrons. The second-order valence-electron chi connectivity index (χ2n) is 7.67. The Kier molecular flexibility index (Phi) is 7.94. The van der Waals surface area contributed by atoms with Gasteiger partial charge in [0.1, 0.15) is 24.0 Å². The molecule has 0 saturated carbocycles. The number of carbonyl (C=O) groups is 2. The number of rotatable bonds is 8. The number of halogens is 4. The normalized spacial score (nSPS) is 24.7. The second-order valence-corrected chi connectivity index (χ2v) is 7.67. The van der Waals surface area contributed by atoms with Crippen molar-refractivity contribution in [1.29, 1.82) is 0 Å². The molecule has 1 aromatic heterocycles. The summed E-state index contributed by atoms with van der Waals surface area (Å²) in [4.78, 5) is 22.7. The van der Waals surface area contributed by atoms with Crippen LogP contribution in [-0.2, 0) is 22.1 Å². The van der Waals surface area contributed by atoms with Crippen LogP contribution in [0.15, 0.2) is 24.3 Å². The predicted octanol–water partition coefficient (Wildman–Crippen LogP) is -0.610. The Balaban J connectivity index is 1.83. The number of aliphatic hydroxyl groups excluding tert-OH is 3. The summed E-state index contributed by atoms with van der Waals surface area (Å²) >= 11 is 0. The van der Waals surface area contributed by atoms with Crippen molar-refractivity contribution >= 4 is 11.8 Å². The molecule has 1 fully saturated rings. The van der Waals surface area contributed by atoms with Crippen LogP contribution in [-0.4, -0.2) is 81.3 Å². The molecule has 15 heteroatoms. The van der Waals surface area contributed by atoms with Crippen LogP contribution in [0.1, 0.15) is 27.2 Å². The smallest absolute Gasteiger partial charge is 0.433 e. The number of nitrogens with one attached hydrogen (secondary N) is 2. The first-order chi connectivity index (χ1) is 16.4. The molecule has 35 heavy (non-hydrogen) atoms. The molecule has 2 aromatic rings. The van der Waals surface area contributed by atoms with E-state index in [2.05, 4.69) is 10.4 Å². The zero-order chi connectivity index (χ0) is 25.9. The van der Waals surface area contributed by atoms with Gasteiger partial charge in [-0.3, -0.25) is 14.7 Å². The number of ether oxygens (including phenoxy) is 2. The lowest BCUT2D eigenvalue weighted by atomic mass is 10.0. The number of carbonyl (C=O) groups excluding carboxylic acids is 2. The van der Waals surface area contributed by atoms with Gasteiger partial charge < -0.3 is 35.8 Å². The SMILES string of the molecule is NC(=O)CNC(=O)c1ccc(Cc2c(O[C@@H]3O[C@H](CO)[C@@H](F)C(O)[C@H]3O)n[nH]c2C(F)(F)F)cc1. The van der Waals surface area contributed by atoms with Crippen molar-refractivity contribution in [2.75, 3.05) is 13.2 Å². The van der Waals surface area contributed by atoms with Gasteiger partial charge in [0.2, 0.25) is 18.1 Å². The van der Waals surface area contributed by atoms with E-state index in [4.69, 9.17) is 15.2 Å². The summed E-state index contributed by atoms with van der Waals surface area (Å²) in [6.45, 7) is -1.28. The maximum Gasteiger partial charge on any atom is 0.433 e. The number of nitrogens with zero attached hydrogens (tertiary/aromatic N) is 1. The van der Waals surface area contributed by atoms with E-state index >= 15 is 0 Å². The van der Waals surface area contributed by atoms with Gasteiger partial charge in [0.25, 0.3) is 5.91 Å². The Morgan fingerprint density at radius 3 is 2.43 bits per heavy atom. The number of aromatic amines is 1. The first-order valence-corrected chi connectivity index (χ1v) is 10.2. The van der Waals surface area contributed by atoms with Gasteiger partial charge in [-0.25, -0.2) is 4.39 Å². The predicted molar refractivity (Wildman–Crippen MR) is 108 cm³/mol. The average Bonchev–Trinajstić information content (AvgIpc) is 3.20. The molecule has 0 radical (unpaired) electrons. The van der Waals surface area contributed by atoms with Crippen molar-refractivity contribution in [3.8, 4) is 5.88 Å². The van der Waals surface area contributed by atoms with Crippen molar-refractivity contribution in [3.05, 3.63) is 46.6 Å². The summed E-state index contributed by atoms with van der Waals surface area (Å²) < 4.78 is 64.9. The van der Waals surface area contributed by atoms with Crippen LogP contribution < -0.4 is 15.8 Å². The third-order valence-corrected chi connectivity index (χ3v) is 5.16. The number of aromatic nitrogens is 2. The minimum absolute atomic E-state index is 0.123.